The molecule has 0 aromatic rings. The predicted octanol–water partition coefficient (Wildman–Crippen LogP) is 4.53. The first-order valence-electron chi connectivity index (χ1n) is 11.5. The number of nitrogens with zero attached hydrogens (tertiary/aromatic N) is 2. The lowest BCUT2D eigenvalue weighted by Crippen LogP contribution is -2.46. The van der Waals surface area contributed by atoms with Crippen molar-refractivity contribution in [3.8, 4) is 0 Å². The average molecular weight is 421 g/mol. The van der Waals surface area contributed by atoms with E-state index < -0.39 is 0 Å². The minimum atomic E-state index is 0.369. The lowest BCUT2D eigenvalue weighted by atomic mass is 9.78. The molecule has 2 atom stereocenters. The van der Waals surface area contributed by atoms with Crippen molar-refractivity contribution in [1.29, 1.82) is 0 Å². The second-order valence-electron chi connectivity index (χ2n) is 10.9. The fourth-order valence-corrected chi connectivity index (χ4v) is 7.19. The summed E-state index contributed by atoms with van der Waals surface area (Å²) < 4.78 is 11.2. The molecular formula is C24H40N2O2S. The molecule has 2 fully saturated rings. The van der Waals surface area contributed by atoms with Crippen molar-refractivity contribution in [3.05, 3.63) is 22.0 Å². The van der Waals surface area contributed by atoms with Crippen molar-refractivity contribution in [2.75, 3.05) is 52.6 Å². The molecule has 0 spiro atoms. The van der Waals surface area contributed by atoms with Crippen LogP contribution in [0.3, 0.4) is 0 Å². The van der Waals surface area contributed by atoms with Crippen LogP contribution < -0.4 is 0 Å². The number of allylic oxidation sites excluding steroid dienone is 2. The Morgan fingerprint density at radius 3 is 1.48 bits per heavy atom. The maximum absolute atomic E-state index is 5.59. The zero-order valence-electron chi connectivity index (χ0n) is 18.9. The fourth-order valence-electron chi connectivity index (χ4n) is 5.48. The third kappa shape index (κ3) is 5.88. The molecule has 4 aliphatic rings. The Balaban J connectivity index is 1.50. The topological polar surface area (TPSA) is 24.9 Å². The largest absolute Gasteiger partial charge is 0.379 e. The number of thioether (sulfide) groups is 1. The van der Waals surface area contributed by atoms with Gasteiger partial charge < -0.3 is 9.47 Å². The Kier molecular flexibility index (Phi) is 6.82. The molecule has 5 heteroatoms. The van der Waals surface area contributed by atoms with Crippen molar-refractivity contribution >= 4 is 11.8 Å². The fraction of sp³-hybridized carbons (Fsp3) is 0.833. The van der Waals surface area contributed by atoms with Gasteiger partial charge in [0.2, 0.25) is 0 Å². The third-order valence-electron chi connectivity index (χ3n) is 6.88. The molecule has 0 saturated carbocycles. The molecule has 2 saturated heterocycles. The van der Waals surface area contributed by atoms with Crippen molar-refractivity contribution in [3.63, 3.8) is 0 Å². The molecule has 2 unspecified atom stereocenters. The highest BCUT2D eigenvalue weighted by Crippen LogP contribution is 2.48. The van der Waals surface area contributed by atoms with Crippen molar-refractivity contribution in [2.24, 2.45) is 10.8 Å². The van der Waals surface area contributed by atoms with E-state index in [0.29, 0.717) is 22.9 Å². The Bertz CT molecular complexity index is 577. The van der Waals surface area contributed by atoms with E-state index in [-0.39, 0.29) is 0 Å². The highest BCUT2D eigenvalue weighted by molar-refractivity contribution is 8.06. The van der Waals surface area contributed by atoms with Gasteiger partial charge in [-0.05, 0) is 46.3 Å². The van der Waals surface area contributed by atoms with Gasteiger partial charge in [0.25, 0.3) is 0 Å². The summed E-state index contributed by atoms with van der Waals surface area (Å²) in [6, 6.07) is 1.13. The van der Waals surface area contributed by atoms with Crippen LogP contribution in [0.25, 0.3) is 0 Å². The van der Waals surface area contributed by atoms with E-state index in [1.165, 1.54) is 25.7 Å². The number of rotatable bonds is 4. The van der Waals surface area contributed by atoms with Gasteiger partial charge in [0.05, 0.1) is 26.4 Å². The Labute approximate surface area is 182 Å². The van der Waals surface area contributed by atoms with Crippen LogP contribution in [-0.2, 0) is 9.47 Å². The SMILES string of the molecule is CC1(C)CC(SC2=CC(N3CCOCC3)CC(C)(C)C2)=CC(N2CCOCC2)C1. The maximum Gasteiger partial charge on any atom is 0.0594 e. The quantitative estimate of drug-likeness (QED) is 0.665. The Hall–Kier alpha value is -0.330. The first kappa shape index (κ1) is 21.9. The van der Waals surface area contributed by atoms with Crippen LogP contribution in [-0.4, -0.2) is 74.5 Å². The minimum Gasteiger partial charge on any atom is -0.379 e. The van der Waals surface area contributed by atoms with Gasteiger partial charge in [-0.3, -0.25) is 9.80 Å². The summed E-state index contributed by atoms with van der Waals surface area (Å²) in [5, 5.41) is 0. The molecule has 0 radical (unpaired) electrons. The highest BCUT2D eigenvalue weighted by Gasteiger charge is 2.36. The highest BCUT2D eigenvalue weighted by atomic mass is 32.2. The molecule has 0 aromatic carbocycles. The molecule has 0 aromatic heterocycles. The number of morpholine rings is 2. The lowest BCUT2D eigenvalue weighted by Gasteiger charge is -2.43. The van der Waals surface area contributed by atoms with E-state index in [2.05, 4.69) is 61.4 Å². The number of hydrogen-bond acceptors (Lipinski definition) is 5. The first-order chi connectivity index (χ1) is 13.8. The van der Waals surface area contributed by atoms with Crippen LogP contribution in [0.2, 0.25) is 0 Å². The summed E-state index contributed by atoms with van der Waals surface area (Å²) in [7, 11) is 0. The summed E-state index contributed by atoms with van der Waals surface area (Å²) in [6.45, 7) is 17.6. The monoisotopic (exact) mass is 420 g/mol. The van der Waals surface area contributed by atoms with Crippen LogP contribution in [0.5, 0.6) is 0 Å². The molecule has 164 valence electrons. The van der Waals surface area contributed by atoms with Crippen molar-refractivity contribution in [1.82, 2.24) is 9.80 Å². The second kappa shape index (κ2) is 9.04. The van der Waals surface area contributed by atoms with Gasteiger partial charge in [0.15, 0.2) is 0 Å². The standard InChI is InChI=1S/C24H40N2O2S/c1-23(2)15-19(25-5-9-27-10-6-25)13-21(17-23)29-22-14-20(16-24(3,4)18-22)26-7-11-28-12-8-26/h13-14,19-20H,5-12,15-18H2,1-4H3. The summed E-state index contributed by atoms with van der Waals surface area (Å²) in [4.78, 5) is 8.45. The van der Waals surface area contributed by atoms with Crippen LogP contribution in [0.15, 0.2) is 22.0 Å². The molecule has 2 aliphatic carbocycles. The normalized spacial score (nSPS) is 33.8. The van der Waals surface area contributed by atoms with E-state index in [1.54, 1.807) is 9.81 Å². The number of ether oxygens (including phenoxy) is 2. The zero-order valence-corrected chi connectivity index (χ0v) is 19.7. The van der Waals surface area contributed by atoms with Crippen LogP contribution in [0.4, 0.5) is 0 Å². The molecule has 2 aliphatic heterocycles. The summed E-state index contributed by atoms with van der Waals surface area (Å²) >= 11 is 2.09. The first-order valence-corrected chi connectivity index (χ1v) is 12.3. The molecule has 29 heavy (non-hydrogen) atoms. The third-order valence-corrected chi connectivity index (χ3v) is 7.96. The van der Waals surface area contributed by atoms with Gasteiger partial charge in [-0.2, -0.15) is 0 Å². The molecule has 2 heterocycles. The summed E-state index contributed by atoms with van der Waals surface area (Å²) in [5.74, 6) is 0. The molecule has 0 amide bonds. The Morgan fingerprint density at radius 2 is 1.10 bits per heavy atom. The Morgan fingerprint density at radius 1 is 0.724 bits per heavy atom. The molecule has 4 rings (SSSR count). The van der Waals surface area contributed by atoms with E-state index >= 15 is 0 Å². The smallest absolute Gasteiger partial charge is 0.0594 e. The maximum atomic E-state index is 5.59. The summed E-state index contributed by atoms with van der Waals surface area (Å²) in [5.41, 5.74) is 0.739. The lowest BCUT2D eigenvalue weighted by molar-refractivity contribution is 0.0154. The zero-order chi connectivity index (χ0) is 20.5. The summed E-state index contributed by atoms with van der Waals surface area (Å²) in [6.07, 6.45) is 10.1. The van der Waals surface area contributed by atoms with E-state index in [9.17, 15) is 0 Å². The van der Waals surface area contributed by atoms with Gasteiger partial charge >= 0.3 is 0 Å². The van der Waals surface area contributed by atoms with Crippen molar-refractivity contribution in [2.45, 2.75) is 65.5 Å². The second-order valence-corrected chi connectivity index (χ2v) is 12.1. The molecular weight excluding hydrogens is 380 g/mol. The van der Waals surface area contributed by atoms with E-state index in [1.807, 2.05) is 0 Å². The van der Waals surface area contributed by atoms with E-state index in [0.717, 1.165) is 52.6 Å². The van der Waals surface area contributed by atoms with Gasteiger partial charge in [0.1, 0.15) is 0 Å². The van der Waals surface area contributed by atoms with Crippen LogP contribution in [0.1, 0.15) is 53.4 Å². The van der Waals surface area contributed by atoms with Gasteiger partial charge in [-0.1, -0.05) is 51.6 Å². The van der Waals surface area contributed by atoms with Crippen LogP contribution in [0, 0.1) is 10.8 Å². The van der Waals surface area contributed by atoms with Gasteiger partial charge in [0, 0.05) is 38.3 Å². The molecule has 0 bridgehead atoms. The van der Waals surface area contributed by atoms with Crippen molar-refractivity contribution < 1.29 is 9.47 Å². The van der Waals surface area contributed by atoms with Gasteiger partial charge in [-0.15, -0.1) is 0 Å². The van der Waals surface area contributed by atoms with E-state index in [4.69, 9.17) is 9.47 Å². The molecule has 4 nitrogen and oxygen atoms in total. The predicted molar refractivity (Wildman–Crippen MR) is 122 cm³/mol. The molecule has 0 N–H and O–H groups in total. The average Bonchev–Trinajstić information content (AvgIpc) is 2.67. The van der Waals surface area contributed by atoms with Crippen LogP contribution >= 0.6 is 11.8 Å². The van der Waals surface area contributed by atoms with Gasteiger partial charge in [-0.25, -0.2) is 0 Å². The number of hydrogen-bond donors (Lipinski definition) is 0. The minimum absolute atomic E-state index is 0.369.